The number of nitrogens with zero attached hydrogens (tertiary/aromatic N) is 1. The van der Waals surface area contributed by atoms with E-state index in [9.17, 15) is 9.18 Å². The van der Waals surface area contributed by atoms with Gasteiger partial charge in [-0.25, -0.2) is 4.39 Å². The summed E-state index contributed by atoms with van der Waals surface area (Å²) in [6, 6.07) is 5.78. The molecule has 23 heavy (non-hydrogen) atoms. The summed E-state index contributed by atoms with van der Waals surface area (Å²) in [7, 11) is 0. The molecular weight excluding hydrogens is 365 g/mol. The Morgan fingerprint density at radius 2 is 2.22 bits per heavy atom. The summed E-state index contributed by atoms with van der Waals surface area (Å²) in [5, 5.41) is 9.75. The Balaban J connectivity index is 1.85. The van der Waals surface area contributed by atoms with Crippen molar-refractivity contribution in [3.05, 3.63) is 51.5 Å². The Bertz CT molecular complexity index is 696. The number of H-pyrrole nitrogens is 1. The van der Waals surface area contributed by atoms with Crippen LogP contribution in [0.2, 0.25) is 0 Å². The molecule has 0 radical (unpaired) electrons. The van der Waals surface area contributed by atoms with Gasteiger partial charge in [0, 0.05) is 12.3 Å². The van der Waals surface area contributed by atoms with E-state index in [1.54, 1.807) is 12.1 Å². The number of ether oxygens (including phenoxy) is 1. The molecular formula is C16H17BrFN3O2. The zero-order valence-corrected chi connectivity index (χ0v) is 14.2. The number of aromatic amines is 1. The summed E-state index contributed by atoms with van der Waals surface area (Å²) in [6.07, 6.45) is 1.68. The van der Waals surface area contributed by atoms with E-state index < -0.39 is 0 Å². The van der Waals surface area contributed by atoms with Gasteiger partial charge in [0.25, 0.3) is 5.91 Å². The van der Waals surface area contributed by atoms with Crippen molar-refractivity contribution in [2.24, 2.45) is 0 Å². The van der Waals surface area contributed by atoms with Gasteiger partial charge in [0.2, 0.25) is 0 Å². The third kappa shape index (κ3) is 3.45. The fraction of sp³-hybridized carbons (Fsp3) is 0.375. The fourth-order valence-electron chi connectivity index (χ4n) is 2.70. The molecule has 1 aromatic carbocycles. The summed E-state index contributed by atoms with van der Waals surface area (Å²) in [6.45, 7) is 2.49. The predicted octanol–water partition coefficient (Wildman–Crippen LogP) is 3.27. The van der Waals surface area contributed by atoms with Gasteiger partial charge in [-0.2, -0.15) is 5.10 Å². The Morgan fingerprint density at radius 1 is 1.48 bits per heavy atom. The van der Waals surface area contributed by atoms with E-state index in [4.69, 9.17) is 4.74 Å². The summed E-state index contributed by atoms with van der Waals surface area (Å²) in [5.41, 5.74) is 1.90. The van der Waals surface area contributed by atoms with Crippen LogP contribution in [0.15, 0.2) is 28.7 Å². The van der Waals surface area contributed by atoms with Crippen LogP contribution < -0.4 is 5.32 Å². The molecule has 5 nitrogen and oxygen atoms in total. The standard InChI is InChI=1S/C16H17BrFN3O2/c1-9-13(17)15(21-20-9)16(22)19-14(12-3-2-8-23-12)10-4-6-11(18)7-5-10/h4-7,12,14H,2-3,8H2,1H3,(H,19,22)(H,20,21). The molecule has 3 rings (SSSR count). The first-order valence-corrected chi connectivity index (χ1v) is 8.24. The largest absolute Gasteiger partial charge is 0.376 e. The lowest BCUT2D eigenvalue weighted by atomic mass is 9.99. The highest BCUT2D eigenvalue weighted by Gasteiger charge is 2.30. The lowest BCUT2D eigenvalue weighted by molar-refractivity contribution is 0.0669. The molecule has 2 atom stereocenters. The molecule has 2 aromatic rings. The van der Waals surface area contributed by atoms with Gasteiger partial charge >= 0.3 is 0 Å². The molecule has 2 N–H and O–H groups in total. The molecule has 0 aliphatic carbocycles. The third-order valence-electron chi connectivity index (χ3n) is 3.94. The van der Waals surface area contributed by atoms with E-state index >= 15 is 0 Å². The minimum Gasteiger partial charge on any atom is -0.376 e. The molecule has 2 heterocycles. The van der Waals surface area contributed by atoms with Crippen molar-refractivity contribution in [3.63, 3.8) is 0 Å². The van der Waals surface area contributed by atoms with Gasteiger partial charge in [-0.3, -0.25) is 9.89 Å². The van der Waals surface area contributed by atoms with Gasteiger partial charge in [0.15, 0.2) is 5.69 Å². The molecule has 1 aliphatic rings. The number of hydrogen-bond donors (Lipinski definition) is 2. The Labute approximate surface area is 141 Å². The maximum Gasteiger partial charge on any atom is 0.273 e. The summed E-state index contributed by atoms with van der Waals surface area (Å²) < 4.78 is 19.5. The minimum absolute atomic E-state index is 0.122. The Morgan fingerprint density at radius 3 is 2.78 bits per heavy atom. The number of nitrogens with one attached hydrogen (secondary N) is 2. The quantitative estimate of drug-likeness (QED) is 0.853. The van der Waals surface area contributed by atoms with E-state index in [0.717, 1.165) is 24.1 Å². The highest BCUT2D eigenvalue weighted by Crippen LogP contribution is 2.28. The van der Waals surface area contributed by atoms with Crippen LogP contribution in [-0.2, 0) is 4.74 Å². The number of carbonyl (C=O) groups is 1. The maximum atomic E-state index is 13.2. The smallest absolute Gasteiger partial charge is 0.273 e. The molecule has 0 bridgehead atoms. The lowest BCUT2D eigenvalue weighted by Crippen LogP contribution is -2.36. The molecule has 0 spiro atoms. The van der Waals surface area contributed by atoms with Gasteiger partial charge in [-0.15, -0.1) is 0 Å². The van der Waals surface area contributed by atoms with Crippen LogP contribution in [0.25, 0.3) is 0 Å². The van der Waals surface area contributed by atoms with Crippen LogP contribution >= 0.6 is 15.9 Å². The van der Waals surface area contributed by atoms with E-state index in [1.807, 2.05) is 6.92 Å². The van der Waals surface area contributed by atoms with Gasteiger partial charge in [0.1, 0.15) is 5.82 Å². The van der Waals surface area contributed by atoms with Crippen molar-refractivity contribution >= 4 is 21.8 Å². The zero-order chi connectivity index (χ0) is 16.4. The van der Waals surface area contributed by atoms with Gasteiger partial charge in [-0.1, -0.05) is 12.1 Å². The molecule has 122 valence electrons. The second-order valence-electron chi connectivity index (χ2n) is 5.57. The molecule has 2 unspecified atom stereocenters. The number of aryl methyl sites for hydroxylation is 1. The average molecular weight is 382 g/mol. The second-order valence-corrected chi connectivity index (χ2v) is 6.36. The van der Waals surface area contributed by atoms with Crippen molar-refractivity contribution in [3.8, 4) is 0 Å². The number of rotatable bonds is 4. The SMILES string of the molecule is Cc1[nH]nc(C(=O)NC(c2ccc(F)cc2)C2CCCO2)c1Br. The van der Waals surface area contributed by atoms with Crippen molar-refractivity contribution in [1.29, 1.82) is 0 Å². The van der Waals surface area contributed by atoms with Crippen molar-refractivity contribution in [2.75, 3.05) is 6.61 Å². The molecule has 1 amide bonds. The Hall–Kier alpha value is -1.73. The van der Waals surface area contributed by atoms with Crippen molar-refractivity contribution in [1.82, 2.24) is 15.5 Å². The van der Waals surface area contributed by atoms with E-state index in [1.165, 1.54) is 12.1 Å². The third-order valence-corrected chi connectivity index (χ3v) is 4.91. The number of halogens is 2. The highest BCUT2D eigenvalue weighted by molar-refractivity contribution is 9.10. The number of amides is 1. The molecule has 1 fully saturated rings. The molecule has 7 heteroatoms. The minimum atomic E-state index is -0.338. The maximum absolute atomic E-state index is 13.2. The van der Waals surface area contributed by atoms with Crippen molar-refractivity contribution in [2.45, 2.75) is 31.9 Å². The number of carbonyl (C=O) groups excluding carboxylic acids is 1. The monoisotopic (exact) mass is 381 g/mol. The average Bonchev–Trinajstić information content (AvgIpc) is 3.17. The van der Waals surface area contributed by atoms with Crippen LogP contribution in [0.3, 0.4) is 0 Å². The second kappa shape index (κ2) is 6.80. The Kier molecular flexibility index (Phi) is 4.77. The van der Waals surface area contributed by atoms with Gasteiger partial charge in [0.05, 0.1) is 16.6 Å². The van der Waals surface area contributed by atoms with Crippen molar-refractivity contribution < 1.29 is 13.9 Å². The summed E-state index contributed by atoms with van der Waals surface area (Å²) in [4.78, 5) is 12.5. The first-order chi connectivity index (χ1) is 11.1. The molecule has 1 saturated heterocycles. The van der Waals surface area contributed by atoms with Crippen LogP contribution in [0.5, 0.6) is 0 Å². The summed E-state index contributed by atoms with van der Waals surface area (Å²) in [5.74, 6) is -0.608. The number of hydrogen-bond acceptors (Lipinski definition) is 3. The van der Waals surface area contributed by atoms with Crippen LogP contribution in [0.1, 0.15) is 40.6 Å². The normalized spacial score (nSPS) is 18.8. The van der Waals surface area contributed by atoms with E-state index in [0.29, 0.717) is 16.8 Å². The molecule has 1 aliphatic heterocycles. The number of aromatic nitrogens is 2. The first kappa shape index (κ1) is 16.1. The topological polar surface area (TPSA) is 67.0 Å². The summed E-state index contributed by atoms with van der Waals surface area (Å²) >= 11 is 3.35. The number of benzene rings is 1. The van der Waals surface area contributed by atoms with E-state index in [-0.39, 0.29) is 23.9 Å². The van der Waals surface area contributed by atoms with Crippen LogP contribution in [-0.4, -0.2) is 28.8 Å². The van der Waals surface area contributed by atoms with Crippen LogP contribution in [0.4, 0.5) is 4.39 Å². The molecule has 0 saturated carbocycles. The first-order valence-electron chi connectivity index (χ1n) is 7.44. The molecule has 1 aromatic heterocycles. The van der Waals surface area contributed by atoms with Gasteiger partial charge in [-0.05, 0) is 53.4 Å². The fourth-order valence-corrected chi connectivity index (χ4v) is 3.06. The van der Waals surface area contributed by atoms with Crippen LogP contribution in [0, 0.1) is 12.7 Å². The van der Waals surface area contributed by atoms with E-state index in [2.05, 4.69) is 31.4 Å². The predicted molar refractivity (Wildman–Crippen MR) is 86.6 cm³/mol. The zero-order valence-electron chi connectivity index (χ0n) is 12.6. The van der Waals surface area contributed by atoms with Gasteiger partial charge < -0.3 is 10.1 Å². The highest BCUT2D eigenvalue weighted by atomic mass is 79.9. The lowest BCUT2D eigenvalue weighted by Gasteiger charge is -2.24.